The smallest absolute Gasteiger partial charge is 0.284 e. The van der Waals surface area contributed by atoms with Crippen LogP contribution in [0.15, 0.2) is 24.1 Å². The minimum Gasteiger partial charge on any atom is -0.390 e. The maximum absolute atomic E-state index is 10.7. The zero-order valence-electron chi connectivity index (χ0n) is 5.13. The number of carbonyl (C=O) groups is 1. The van der Waals surface area contributed by atoms with Gasteiger partial charge in [-0.1, -0.05) is 0 Å². The number of amides is 1. The molecule has 5 heteroatoms. The van der Waals surface area contributed by atoms with E-state index >= 15 is 0 Å². The Kier molecular flexibility index (Phi) is 1.91. The predicted octanol–water partition coefficient (Wildman–Crippen LogP) is -1.09. The van der Waals surface area contributed by atoms with Crippen molar-refractivity contribution in [3.05, 3.63) is 24.1 Å². The largest absolute Gasteiger partial charge is 0.390 e. The van der Waals surface area contributed by atoms with Gasteiger partial charge in [-0.3, -0.25) is 10.2 Å². The second kappa shape index (κ2) is 2.88. The van der Waals surface area contributed by atoms with Crippen molar-refractivity contribution in [3.8, 4) is 0 Å². The summed E-state index contributed by atoms with van der Waals surface area (Å²) in [6, 6.07) is 0. The van der Waals surface area contributed by atoms with Gasteiger partial charge in [-0.25, -0.2) is 11.3 Å². The normalized spacial score (nSPS) is 14.7. The van der Waals surface area contributed by atoms with E-state index < -0.39 is 5.91 Å². The Hall–Kier alpha value is -1.49. The molecule has 0 saturated heterocycles. The molecule has 0 aliphatic carbocycles. The fourth-order valence-corrected chi connectivity index (χ4v) is 0.506. The molecule has 0 bridgehead atoms. The molecule has 1 rings (SSSR count). The third-order valence-corrected chi connectivity index (χ3v) is 0.954. The molecule has 1 amide bonds. The molecule has 0 fully saturated rings. The van der Waals surface area contributed by atoms with Crippen LogP contribution in [0.4, 0.5) is 0 Å². The van der Waals surface area contributed by atoms with Crippen LogP contribution >= 0.6 is 0 Å². The molecule has 0 aromatic carbocycles. The Balaban J connectivity index is 2.62. The zero-order valence-corrected chi connectivity index (χ0v) is 5.13. The molecule has 0 unspecified atom stereocenters. The van der Waals surface area contributed by atoms with Crippen LogP contribution in [0.25, 0.3) is 0 Å². The second-order valence-electron chi connectivity index (χ2n) is 1.60. The van der Waals surface area contributed by atoms with Crippen molar-refractivity contribution in [3.63, 3.8) is 0 Å². The predicted molar refractivity (Wildman–Crippen MR) is 33.8 cm³/mol. The van der Waals surface area contributed by atoms with Gasteiger partial charge in [0, 0.05) is 0 Å². The third kappa shape index (κ3) is 1.26. The number of hydrogen-bond donors (Lipinski definition) is 3. The van der Waals surface area contributed by atoms with Gasteiger partial charge in [-0.15, -0.1) is 0 Å². The highest BCUT2D eigenvalue weighted by Crippen LogP contribution is 1.95. The Morgan fingerprint density at radius 3 is 3.10 bits per heavy atom. The van der Waals surface area contributed by atoms with E-state index in [1.807, 2.05) is 5.43 Å². The van der Waals surface area contributed by atoms with Gasteiger partial charge in [0.2, 0.25) is 0 Å². The van der Waals surface area contributed by atoms with Gasteiger partial charge in [0.25, 0.3) is 5.91 Å². The Morgan fingerprint density at radius 2 is 2.60 bits per heavy atom. The maximum atomic E-state index is 10.7. The van der Waals surface area contributed by atoms with E-state index in [-0.39, 0.29) is 5.70 Å². The van der Waals surface area contributed by atoms with E-state index in [1.54, 1.807) is 12.2 Å². The first-order valence-corrected chi connectivity index (χ1v) is 2.64. The Bertz CT molecular complexity index is 197. The summed E-state index contributed by atoms with van der Waals surface area (Å²) >= 11 is 0. The highest BCUT2D eigenvalue weighted by molar-refractivity contribution is 5.92. The average Bonchev–Trinajstić information content (AvgIpc) is 2.05. The summed E-state index contributed by atoms with van der Waals surface area (Å²) in [6.45, 7) is 0. The molecule has 54 valence electrons. The number of nitrogens with one attached hydrogen (secondary N) is 2. The van der Waals surface area contributed by atoms with Crippen LogP contribution < -0.4 is 16.7 Å². The zero-order chi connectivity index (χ0) is 7.40. The lowest BCUT2D eigenvalue weighted by molar-refractivity contribution is -0.119. The fourth-order valence-electron chi connectivity index (χ4n) is 0.506. The van der Waals surface area contributed by atoms with E-state index in [4.69, 9.17) is 5.84 Å². The number of hydroxylamine groups is 1. The van der Waals surface area contributed by atoms with E-state index in [2.05, 4.69) is 10.3 Å². The minimum atomic E-state index is -0.413. The number of hydrogen-bond acceptors (Lipinski definition) is 4. The van der Waals surface area contributed by atoms with E-state index in [9.17, 15) is 4.79 Å². The lowest BCUT2D eigenvalue weighted by Crippen LogP contribution is -2.36. The molecule has 0 spiro atoms. The highest BCUT2D eigenvalue weighted by atomic mass is 16.6. The first-order valence-electron chi connectivity index (χ1n) is 2.64. The highest BCUT2D eigenvalue weighted by Gasteiger charge is 2.07. The fraction of sp³-hybridized carbons (Fsp3) is 0. The topological polar surface area (TPSA) is 76.4 Å². The summed E-state index contributed by atoms with van der Waals surface area (Å²) < 4.78 is 0. The monoisotopic (exact) mass is 141 g/mol. The van der Waals surface area contributed by atoms with E-state index in [0.717, 1.165) is 0 Å². The molecular formula is C5H7N3O2. The Labute approximate surface area is 57.5 Å². The van der Waals surface area contributed by atoms with Crippen LogP contribution in [0.2, 0.25) is 0 Å². The second-order valence-corrected chi connectivity index (χ2v) is 1.60. The van der Waals surface area contributed by atoms with Crippen molar-refractivity contribution < 1.29 is 9.63 Å². The summed E-state index contributed by atoms with van der Waals surface area (Å²) in [5, 5.41) is 0. The quantitative estimate of drug-likeness (QED) is 0.246. The lowest BCUT2D eigenvalue weighted by atomic mass is 10.4. The first-order chi connectivity index (χ1) is 4.84. The average molecular weight is 141 g/mol. The third-order valence-electron chi connectivity index (χ3n) is 0.954. The Morgan fingerprint density at radius 1 is 1.80 bits per heavy atom. The van der Waals surface area contributed by atoms with Crippen molar-refractivity contribution in [2.24, 2.45) is 5.84 Å². The van der Waals surface area contributed by atoms with Gasteiger partial charge in [-0.2, -0.15) is 0 Å². The van der Waals surface area contributed by atoms with Crippen molar-refractivity contribution >= 4 is 5.91 Å². The van der Waals surface area contributed by atoms with Gasteiger partial charge in [0.05, 0.1) is 0 Å². The number of carbonyl (C=O) groups excluding carboxylic acids is 1. The van der Waals surface area contributed by atoms with Crippen LogP contribution in [-0.2, 0) is 9.63 Å². The van der Waals surface area contributed by atoms with Gasteiger partial charge in [-0.05, 0) is 12.2 Å². The van der Waals surface area contributed by atoms with Crippen molar-refractivity contribution in [1.29, 1.82) is 0 Å². The first kappa shape index (κ1) is 6.63. The number of hydrazine groups is 1. The molecule has 5 nitrogen and oxygen atoms in total. The molecule has 0 saturated carbocycles. The molecule has 0 aromatic heterocycles. The minimum absolute atomic E-state index is 0.282. The lowest BCUT2D eigenvalue weighted by Gasteiger charge is -2.09. The van der Waals surface area contributed by atoms with Crippen LogP contribution in [0.3, 0.4) is 0 Å². The van der Waals surface area contributed by atoms with Crippen molar-refractivity contribution in [1.82, 2.24) is 10.9 Å². The van der Waals surface area contributed by atoms with Crippen LogP contribution in [-0.4, -0.2) is 5.91 Å². The summed E-state index contributed by atoms with van der Waals surface area (Å²) in [5.74, 6) is 4.43. The molecule has 1 aliphatic rings. The van der Waals surface area contributed by atoms with E-state index in [1.165, 1.54) is 6.26 Å². The van der Waals surface area contributed by atoms with Gasteiger partial charge in [0.15, 0.2) is 0 Å². The molecule has 4 N–H and O–H groups in total. The van der Waals surface area contributed by atoms with Crippen LogP contribution in [0.5, 0.6) is 0 Å². The molecular weight excluding hydrogens is 134 g/mol. The SMILES string of the molecule is NNC(=O)C1=CC=CON1. The standard InChI is InChI=1S/C5H7N3O2/c6-7-5(9)4-2-1-3-10-8-4/h1-3,8H,6H2,(H,7,9). The molecule has 0 atom stereocenters. The van der Waals surface area contributed by atoms with Gasteiger partial charge in [0.1, 0.15) is 12.0 Å². The summed E-state index contributed by atoms with van der Waals surface area (Å²) in [5.41, 5.74) is 4.59. The number of nitrogens with two attached hydrogens (primary N) is 1. The summed E-state index contributed by atoms with van der Waals surface area (Å²) in [4.78, 5) is 15.3. The van der Waals surface area contributed by atoms with Crippen LogP contribution in [0, 0.1) is 0 Å². The molecule has 1 aliphatic heterocycles. The molecule has 10 heavy (non-hydrogen) atoms. The van der Waals surface area contributed by atoms with E-state index in [0.29, 0.717) is 0 Å². The van der Waals surface area contributed by atoms with Gasteiger partial charge < -0.3 is 4.84 Å². The molecule has 0 radical (unpaired) electrons. The molecule has 1 heterocycles. The van der Waals surface area contributed by atoms with Crippen molar-refractivity contribution in [2.75, 3.05) is 0 Å². The maximum Gasteiger partial charge on any atom is 0.284 e. The van der Waals surface area contributed by atoms with Gasteiger partial charge >= 0.3 is 0 Å². The summed E-state index contributed by atoms with van der Waals surface area (Å²) in [6.07, 6.45) is 4.54. The summed E-state index contributed by atoms with van der Waals surface area (Å²) in [7, 11) is 0. The van der Waals surface area contributed by atoms with Crippen LogP contribution in [0.1, 0.15) is 0 Å². The molecule has 0 aromatic rings. The number of allylic oxidation sites excluding steroid dienone is 2. The van der Waals surface area contributed by atoms with Crippen molar-refractivity contribution in [2.45, 2.75) is 0 Å². The number of rotatable bonds is 1.